The van der Waals surface area contributed by atoms with Gasteiger partial charge in [-0.2, -0.15) is 0 Å². The Balaban J connectivity index is 1.10. The Morgan fingerprint density at radius 3 is 2.26 bits per heavy atom. The van der Waals surface area contributed by atoms with Gasteiger partial charge in [0.2, 0.25) is 5.91 Å². The lowest BCUT2D eigenvalue weighted by Crippen LogP contribution is -2.29. The second-order valence-electron chi connectivity index (χ2n) is 8.80. The molecule has 2 aliphatic rings. The number of alkyl carbamates (subject to hydrolysis) is 1. The number of nitrogens with one attached hydrogen (secondary N) is 2. The number of rotatable bonds is 7. The predicted molar refractivity (Wildman–Crippen MR) is 127 cm³/mol. The molecule has 2 amide bonds. The smallest absolute Gasteiger partial charge is 0.407 e. The van der Waals surface area contributed by atoms with Crippen LogP contribution in [0.25, 0.3) is 11.1 Å². The number of halogens is 1. The van der Waals surface area contributed by atoms with Crippen LogP contribution >= 0.6 is 0 Å². The third-order valence-electron chi connectivity index (χ3n) is 6.59. The normalized spacial score (nSPS) is 17.7. The molecule has 2 unspecified atom stereocenters. The number of aromatic carboxylic acids is 1. The monoisotopic (exact) mass is 474 g/mol. The van der Waals surface area contributed by atoms with E-state index in [0.717, 1.165) is 28.3 Å². The summed E-state index contributed by atoms with van der Waals surface area (Å²) < 4.78 is 19.6. The zero-order valence-corrected chi connectivity index (χ0v) is 18.7. The van der Waals surface area contributed by atoms with E-state index >= 15 is 0 Å². The summed E-state index contributed by atoms with van der Waals surface area (Å²) in [4.78, 5) is 35.6. The fourth-order valence-corrected chi connectivity index (χ4v) is 4.63. The molecule has 0 saturated heterocycles. The molecule has 5 rings (SSSR count). The zero-order chi connectivity index (χ0) is 24.5. The minimum atomic E-state index is -1.25. The van der Waals surface area contributed by atoms with Gasteiger partial charge in [-0.3, -0.25) is 4.79 Å². The molecule has 3 N–H and O–H groups in total. The van der Waals surface area contributed by atoms with E-state index in [1.165, 1.54) is 12.1 Å². The van der Waals surface area contributed by atoms with Gasteiger partial charge in [0.05, 0.1) is 11.3 Å². The minimum absolute atomic E-state index is 0.0324. The molecule has 0 aliphatic heterocycles. The van der Waals surface area contributed by atoms with Crippen molar-refractivity contribution in [2.45, 2.75) is 12.3 Å². The summed E-state index contributed by atoms with van der Waals surface area (Å²) in [5.41, 5.74) is 4.29. The van der Waals surface area contributed by atoms with Gasteiger partial charge >= 0.3 is 12.1 Å². The molecule has 0 radical (unpaired) electrons. The molecule has 0 aromatic heterocycles. The van der Waals surface area contributed by atoms with E-state index in [1.54, 1.807) is 0 Å². The van der Waals surface area contributed by atoms with E-state index in [-0.39, 0.29) is 48.1 Å². The van der Waals surface area contributed by atoms with Crippen LogP contribution in [0.5, 0.6) is 0 Å². The first-order valence-electron chi connectivity index (χ1n) is 11.3. The lowest BCUT2D eigenvalue weighted by Gasteiger charge is -2.14. The Labute approximate surface area is 200 Å². The molecular weight excluding hydrogens is 451 g/mol. The van der Waals surface area contributed by atoms with E-state index in [0.29, 0.717) is 6.42 Å². The first-order chi connectivity index (χ1) is 16.9. The summed E-state index contributed by atoms with van der Waals surface area (Å²) in [7, 11) is 0. The highest BCUT2D eigenvalue weighted by Crippen LogP contribution is 2.44. The molecule has 0 bridgehead atoms. The van der Waals surface area contributed by atoms with Crippen molar-refractivity contribution in [2.75, 3.05) is 18.5 Å². The largest absolute Gasteiger partial charge is 0.478 e. The molecule has 1 saturated carbocycles. The maximum absolute atomic E-state index is 14.1. The number of carboxylic acid groups (broad SMARTS) is 1. The molecule has 8 heteroatoms. The number of fused-ring (bicyclic) bond motifs is 3. The number of hydrogen-bond donors (Lipinski definition) is 3. The quantitative estimate of drug-likeness (QED) is 0.463. The summed E-state index contributed by atoms with van der Waals surface area (Å²) in [5, 5.41) is 14.1. The Kier molecular flexibility index (Phi) is 5.94. The number of carbonyl (C=O) groups is 3. The Morgan fingerprint density at radius 1 is 0.971 bits per heavy atom. The Bertz CT molecular complexity index is 1280. The van der Waals surface area contributed by atoms with Gasteiger partial charge in [0.25, 0.3) is 0 Å². The SMILES string of the molecule is O=C(NCC1CC1C(=O)Nc1ccc(C(=O)O)cc1F)OCC1c2ccccc2-c2ccccc21. The maximum atomic E-state index is 14.1. The number of hydrogen-bond acceptors (Lipinski definition) is 4. The second kappa shape index (κ2) is 9.21. The van der Waals surface area contributed by atoms with Crippen molar-refractivity contribution < 1.29 is 28.6 Å². The number of anilines is 1. The van der Waals surface area contributed by atoms with E-state index in [2.05, 4.69) is 22.8 Å². The number of amides is 2. The first-order valence-corrected chi connectivity index (χ1v) is 11.3. The van der Waals surface area contributed by atoms with Crippen molar-refractivity contribution in [3.05, 3.63) is 89.2 Å². The van der Waals surface area contributed by atoms with E-state index in [9.17, 15) is 18.8 Å². The summed E-state index contributed by atoms with van der Waals surface area (Å²) in [6.45, 7) is 0.481. The Hall–Kier alpha value is -4.20. The standard InChI is InChI=1S/C27H23FN2O5/c28-23-12-15(26(32)33)9-10-24(23)30-25(31)21-11-16(21)13-29-27(34)35-14-22-19-7-3-1-5-17(19)18-6-2-4-8-20(18)22/h1-10,12,16,21-22H,11,13-14H2,(H,29,34)(H,30,31)(H,32,33). The van der Waals surface area contributed by atoms with Crippen LogP contribution in [0.15, 0.2) is 66.7 Å². The van der Waals surface area contributed by atoms with Crippen molar-refractivity contribution in [1.29, 1.82) is 0 Å². The first kappa shape index (κ1) is 22.6. The molecule has 3 aromatic rings. The minimum Gasteiger partial charge on any atom is -0.478 e. The van der Waals surface area contributed by atoms with Gasteiger partial charge in [-0.05, 0) is 52.8 Å². The van der Waals surface area contributed by atoms with Crippen molar-refractivity contribution in [3.63, 3.8) is 0 Å². The van der Waals surface area contributed by atoms with Gasteiger partial charge in [0, 0.05) is 18.4 Å². The van der Waals surface area contributed by atoms with Crippen LogP contribution in [0.1, 0.15) is 33.8 Å². The van der Waals surface area contributed by atoms with Gasteiger partial charge in [0.1, 0.15) is 12.4 Å². The van der Waals surface area contributed by atoms with Crippen LogP contribution in [0.2, 0.25) is 0 Å². The average molecular weight is 474 g/mol. The molecule has 2 atom stereocenters. The average Bonchev–Trinajstić information content (AvgIpc) is 3.58. The lowest BCUT2D eigenvalue weighted by molar-refractivity contribution is -0.117. The lowest BCUT2D eigenvalue weighted by atomic mass is 9.98. The molecule has 3 aromatic carbocycles. The van der Waals surface area contributed by atoms with Gasteiger partial charge in [-0.1, -0.05) is 48.5 Å². The number of carboxylic acids is 1. The van der Waals surface area contributed by atoms with Crippen molar-refractivity contribution in [1.82, 2.24) is 5.32 Å². The predicted octanol–water partition coefficient (Wildman–Crippen LogP) is 4.64. The number of carbonyl (C=O) groups excluding carboxylic acids is 2. The maximum Gasteiger partial charge on any atom is 0.407 e. The molecule has 7 nitrogen and oxygen atoms in total. The molecule has 0 spiro atoms. The fraction of sp³-hybridized carbons (Fsp3) is 0.222. The van der Waals surface area contributed by atoms with Crippen molar-refractivity contribution in [3.8, 4) is 11.1 Å². The van der Waals surface area contributed by atoms with Gasteiger partial charge < -0.3 is 20.5 Å². The zero-order valence-electron chi connectivity index (χ0n) is 18.7. The molecule has 35 heavy (non-hydrogen) atoms. The highest BCUT2D eigenvalue weighted by molar-refractivity contribution is 5.95. The van der Waals surface area contributed by atoms with Crippen LogP contribution in [-0.4, -0.2) is 36.2 Å². The summed E-state index contributed by atoms with van der Waals surface area (Å²) in [6, 6.07) is 19.5. The third-order valence-corrected chi connectivity index (χ3v) is 6.59. The van der Waals surface area contributed by atoms with E-state index in [1.807, 2.05) is 36.4 Å². The molecule has 178 valence electrons. The van der Waals surface area contributed by atoms with Crippen LogP contribution < -0.4 is 10.6 Å². The summed E-state index contributed by atoms with van der Waals surface area (Å²) in [5.74, 6) is -2.89. The van der Waals surface area contributed by atoms with Crippen LogP contribution in [0.3, 0.4) is 0 Å². The highest BCUT2D eigenvalue weighted by atomic mass is 19.1. The molecule has 0 heterocycles. The topological polar surface area (TPSA) is 105 Å². The van der Waals surface area contributed by atoms with E-state index < -0.39 is 17.9 Å². The highest BCUT2D eigenvalue weighted by Gasteiger charge is 2.43. The summed E-state index contributed by atoms with van der Waals surface area (Å²) in [6.07, 6.45) is 0.0119. The van der Waals surface area contributed by atoms with Crippen molar-refractivity contribution in [2.24, 2.45) is 11.8 Å². The number of ether oxygens (including phenoxy) is 1. The van der Waals surface area contributed by atoms with E-state index in [4.69, 9.17) is 9.84 Å². The molecular formula is C27H23FN2O5. The summed E-state index contributed by atoms with van der Waals surface area (Å²) >= 11 is 0. The fourth-order valence-electron chi connectivity index (χ4n) is 4.63. The molecule has 1 fully saturated rings. The second-order valence-corrected chi connectivity index (χ2v) is 8.80. The van der Waals surface area contributed by atoms with Gasteiger partial charge in [-0.15, -0.1) is 0 Å². The Morgan fingerprint density at radius 2 is 1.63 bits per heavy atom. The third kappa shape index (κ3) is 4.59. The van der Waals surface area contributed by atoms with Crippen LogP contribution in [0, 0.1) is 17.7 Å². The van der Waals surface area contributed by atoms with Crippen LogP contribution in [0.4, 0.5) is 14.9 Å². The van der Waals surface area contributed by atoms with Crippen LogP contribution in [-0.2, 0) is 9.53 Å². The van der Waals surface area contributed by atoms with Crippen molar-refractivity contribution >= 4 is 23.7 Å². The van der Waals surface area contributed by atoms with Gasteiger partial charge in [0.15, 0.2) is 0 Å². The number of benzene rings is 3. The molecule has 2 aliphatic carbocycles. The van der Waals surface area contributed by atoms with Gasteiger partial charge in [-0.25, -0.2) is 14.0 Å².